The van der Waals surface area contributed by atoms with Crippen LogP contribution in [0.4, 0.5) is 11.4 Å². The topological polar surface area (TPSA) is 70.9 Å². The number of halogens is 2. The van der Waals surface area contributed by atoms with Gasteiger partial charge >= 0.3 is 0 Å². The van der Waals surface area contributed by atoms with Crippen molar-refractivity contribution in [3.63, 3.8) is 0 Å². The summed E-state index contributed by atoms with van der Waals surface area (Å²) in [5.41, 5.74) is 9.50. The Morgan fingerprint density at radius 2 is 1.87 bits per heavy atom. The molecule has 0 radical (unpaired) electrons. The molecule has 0 saturated heterocycles. The number of carbonyl (C=O) groups excluding carboxylic acids is 1. The Hall–Kier alpha value is -2.17. The molecule has 3 rings (SSSR count). The minimum atomic E-state index is -0.144. The molecule has 4 nitrogen and oxygen atoms in total. The first kappa shape index (κ1) is 15.7. The van der Waals surface area contributed by atoms with Crippen LogP contribution in [0.5, 0.6) is 0 Å². The first-order valence-corrected chi connectivity index (χ1v) is 7.82. The number of carbonyl (C=O) groups is 1. The molecule has 0 unspecified atom stereocenters. The smallest absolute Gasteiger partial charge is 0.228 e. The van der Waals surface area contributed by atoms with Crippen LogP contribution in [-0.4, -0.2) is 10.9 Å². The van der Waals surface area contributed by atoms with Gasteiger partial charge in [-0.25, -0.2) is 0 Å². The van der Waals surface area contributed by atoms with E-state index in [0.717, 1.165) is 22.2 Å². The normalized spacial score (nSPS) is 10.9. The SMILES string of the molecule is Cc1[nH]c2ccccc2c1CC(=O)Nc1cc(Cl)c(N)c(Cl)c1. The zero-order valence-corrected chi connectivity index (χ0v) is 13.9. The first-order valence-electron chi connectivity index (χ1n) is 7.06. The predicted octanol–water partition coefficient (Wildman–Crippen LogP) is 4.55. The van der Waals surface area contributed by atoms with E-state index in [4.69, 9.17) is 28.9 Å². The maximum atomic E-state index is 12.3. The van der Waals surface area contributed by atoms with E-state index in [2.05, 4.69) is 10.3 Å². The van der Waals surface area contributed by atoms with Crippen LogP contribution in [0.1, 0.15) is 11.3 Å². The fourth-order valence-corrected chi connectivity index (χ4v) is 3.07. The number of fused-ring (bicyclic) bond motifs is 1. The summed E-state index contributed by atoms with van der Waals surface area (Å²) < 4.78 is 0. The number of nitrogens with two attached hydrogens (primary N) is 1. The molecule has 0 spiro atoms. The largest absolute Gasteiger partial charge is 0.396 e. The summed E-state index contributed by atoms with van der Waals surface area (Å²) in [6.07, 6.45) is 0.259. The molecule has 6 heteroatoms. The van der Waals surface area contributed by atoms with Crippen molar-refractivity contribution < 1.29 is 4.79 Å². The van der Waals surface area contributed by atoms with E-state index in [1.165, 1.54) is 0 Å². The Bertz CT molecular complexity index is 879. The summed E-state index contributed by atoms with van der Waals surface area (Å²) in [7, 11) is 0. The van der Waals surface area contributed by atoms with Crippen LogP contribution >= 0.6 is 23.2 Å². The van der Waals surface area contributed by atoms with E-state index < -0.39 is 0 Å². The van der Waals surface area contributed by atoms with Crippen molar-refractivity contribution in [1.29, 1.82) is 0 Å². The number of para-hydroxylation sites is 1. The van der Waals surface area contributed by atoms with Crippen LogP contribution in [0.25, 0.3) is 10.9 Å². The van der Waals surface area contributed by atoms with Gasteiger partial charge < -0.3 is 16.0 Å². The molecule has 0 saturated carbocycles. The lowest BCUT2D eigenvalue weighted by molar-refractivity contribution is -0.115. The molecule has 23 heavy (non-hydrogen) atoms. The Kier molecular flexibility index (Phi) is 4.20. The third kappa shape index (κ3) is 3.14. The number of aromatic amines is 1. The fourth-order valence-electron chi connectivity index (χ4n) is 2.58. The van der Waals surface area contributed by atoms with E-state index >= 15 is 0 Å². The lowest BCUT2D eigenvalue weighted by atomic mass is 10.1. The minimum Gasteiger partial charge on any atom is -0.396 e. The number of hydrogen-bond donors (Lipinski definition) is 3. The molecule has 0 aliphatic rings. The molecular weight excluding hydrogens is 333 g/mol. The zero-order chi connectivity index (χ0) is 16.6. The quantitative estimate of drug-likeness (QED) is 0.608. The molecule has 0 fully saturated rings. The van der Waals surface area contributed by atoms with E-state index in [1.807, 2.05) is 31.2 Å². The van der Waals surface area contributed by atoms with Crippen LogP contribution in [0.3, 0.4) is 0 Å². The molecular formula is C17H15Cl2N3O. The second-order valence-corrected chi connectivity index (χ2v) is 6.17. The van der Waals surface area contributed by atoms with E-state index in [1.54, 1.807) is 12.1 Å². The van der Waals surface area contributed by atoms with Gasteiger partial charge in [-0.3, -0.25) is 4.79 Å². The van der Waals surface area contributed by atoms with Gasteiger partial charge in [0.05, 0.1) is 22.2 Å². The molecule has 1 amide bonds. The minimum absolute atomic E-state index is 0.144. The highest BCUT2D eigenvalue weighted by Gasteiger charge is 2.13. The lowest BCUT2D eigenvalue weighted by Gasteiger charge is -2.09. The third-order valence-electron chi connectivity index (χ3n) is 3.73. The highest BCUT2D eigenvalue weighted by molar-refractivity contribution is 6.39. The summed E-state index contributed by atoms with van der Waals surface area (Å²) >= 11 is 12.0. The molecule has 3 aromatic rings. The van der Waals surface area contributed by atoms with Crippen molar-refractivity contribution in [2.75, 3.05) is 11.1 Å². The average Bonchev–Trinajstić information content (AvgIpc) is 2.81. The summed E-state index contributed by atoms with van der Waals surface area (Å²) in [4.78, 5) is 15.6. The highest BCUT2D eigenvalue weighted by atomic mass is 35.5. The summed E-state index contributed by atoms with van der Waals surface area (Å²) in [5.74, 6) is -0.144. The number of amides is 1. The fraction of sp³-hybridized carbons (Fsp3) is 0.118. The van der Waals surface area contributed by atoms with Gasteiger partial charge in [0.25, 0.3) is 0 Å². The van der Waals surface area contributed by atoms with Gasteiger partial charge in [0.15, 0.2) is 0 Å². The number of nitrogen functional groups attached to an aromatic ring is 1. The number of aromatic nitrogens is 1. The third-order valence-corrected chi connectivity index (χ3v) is 4.35. The highest BCUT2D eigenvalue weighted by Crippen LogP contribution is 2.31. The first-order chi connectivity index (χ1) is 11.0. The van der Waals surface area contributed by atoms with Gasteiger partial charge in [0.2, 0.25) is 5.91 Å². The molecule has 0 atom stereocenters. The Balaban J connectivity index is 1.83. The second-order valence-electron chi connectivity index (χ2n) is 5.35. The molecule has 0 aliphatic heterocycles. The van der Waals surface area contributed by atoms with Crippen molar-refractivity contribution in [1.82, 2.24) is 4.98 Å². The second kappa shape index (κ2) is 6.14. The monoisotopic (exact) mass is 347 g/mol. The standard InChI is InChI=1S/C17H15Cl2N3O/c1-9-12(11-4-2-3-5-15(11)21-9)8-16(23)22-10-6-13(18)17(20)14(19)7-10/h2-7,21H,8,20H2,1H3,(H,22,23). The number of nitrogens with one attached hydrogen (secondary N) is 2. The number of hydrogen-bond acceptors (Lipinski definition) is 2. The summed E-state index contributed by atoms with van der Waals surface area (Å²) in [5, 5.41) is 4.48. The summed E-state index contributed by atoms with van der Waals surface area (Å²) in [6.45, 7) is 1.96. The van der Waals surface area contributed by atoms with Gasteiger partial charge in [-0.1, -0.05) is 41.4 Å². The van der Waals surface area contributed by atoms with Crippen molar-refractivity contribution >= 4 is 51.4 Å². The lowest BCUT2D eigenvalue weighted by Crippen LogP contribution is -2.15. The predicted molar refractivity (Wildman–Crippen MR) is 96.2 cm³/mol. The van der Waals surface area contributed by atoms with Crippen LogP contribution < -0.4 is 11.1 Å². The van der Waals surface area contributed by atoms with Crippen molar-refractivity contribution in [3.8, 4) is 0 Å². The Morgan fingerprint density at radius 3 is 2.57 bits per heavy atom. The molecule has 0 aliphatic carbocycles. The molecule has 1 aromatic heterocycles. The number of aryl methyl sites for hydroxylation is 1. The van der Waals surface area contributed by atoms with Crippen LogP contribution in [-0.2, 0) is 11.2 Å². The molecule has 1 heterocycles. The molecule has 4 N–H and O–H groups in total. The summed E-state index contributed by atoms with van der Waals surface area (Å²) in [6, 6.07) is 11.1. The average molecular weight is 348 g/mol. The number of benzene rings is 2. The Morgan fingerprint density at radius 1 is 1.22 bits per heavy atom. The van der Waals surface area contributed by atoms with Crippen molar-refractivity contribution in [3.05, 3.63) is 57.7 Å². The van der Waals surface area contributed by atoms with E-state index in [9.17, 15) is 4.79 Å². The molecule has 118 valence electrons. The number of anilines is 2. The van der Waals surface area contributed by atoms with E-state index in [-0.39, 0.29) is 12.3 Å². The molecule has 0 bridgehead atoms. The number of H-pyrrole nitrogens is 1. The molecule has 2 aromatic carbocycles. The van der Waals surface area contributed by atoms with Gasteiger partial charge in [0.1, 0.15) is 0 Å². The maximum Gasteiger partial charge on any atom is 0.228 e. The van der Waals surface area contributed by atoms with Crippen LogP contribution in [0, 0.1) is 6.92 Å². The van der Waals surface area contributed by atoms with E-state index in [0.29, 0.717) is 21.4 Å². The van der Waals surface area contributed by atoms with Crippen LogP contribution in [0.2, 0.25) is 10.0 Å². The number of rotatable bonds is 3. The maximum absolute atomic E-state index is 12.3. The Labute approximate surface area is 143 Å². The van der Waals surface area contributed by atoms with Gasteiger partial charge in [0, 0.05) is 22.3 Å². The van der Waals surface area contributed by atoms with Gasteiger partial charge in [-0.15, -0.1) is 0 Å². The van der Waals surface area contributed by atoms with Crippen molar-refractivity contribution in [2.45, 2.75) is 13.3 Å². The van der Waals surface area contributed by atoms with Crippen LogP contribution in [0.15, 0.2) is 36.4 Å². The zero-order valence-electron chi connectivity index (χ0n) is 12.4. The van der Waals surface area contributed by atoms with Gasteiger partial charge in [-0.2, -0.15) is 0 Å². The van der Waals surface area contributed by atoms with Gasteiger partial charge in [-0.05, 0) is 30.7 Å². The van der Waals surface area contributed by atoms with Crippen molar-refractivity contribution in [2.24, 2.45) is 0 Å².